The quantitative estimate of drug-likeness (QED) is 0.625. The molecule has 2 heterocycles. The average Bonchev–Trinajstić information content (AvgIpc) is 3.10. The lowest BCUT2D eigenvalue weighted by molar-refractivity contribution is -0.148. The van der Waals surface area contributed by atoms with Gasteiger partial charge in [-0.3, -0.25) is 14.5 Å². The number of hydrogen-bond acceptors (Lipinski definition) is 6. The van der Waals surface area contributed by atoms with E-state index in [1.54, 1.807) is 30.3 Å². The number of aromatic hydroxyl groups is 1. The van der Waals surface area contributed by atoms with Crippen LogP contribution in [0.15, 0.2) is 35.2 Å². The summed E-state index contributed by atoms with van der Waals surface area (Å²) in [6, 6.07) is 7.74. The van der Waals surface area contributed by atoms with Gasteiger partial charge in [-0.2, -0.15) is 0 Å². The van der Waals surface area contributed by atoms with Crippen molar-refractivity contribution in [1.82, 2.24) is 9.47 Å². The zero-order chi connectivity index (χ0) is 20.6. The molecule has 1 N–H and O–H groups in total. The molecule has 0 bridgehead atoms. The molecule has 1 atom stereocenters. The summed E-state index contributed by atoms with van der Waals surface area (Å²) in [5.74, 6) is -0.976. The van der Waals surface area contributed by atoms with E-state index in [9.17, 15) is 19.5 Å². The number of phenolic OH excluding ortho intramolecular Hbond substituents is 1. The molecule has 1 fully saturated rings. The topological polar surface area (TPSA) is 88.8 Å². The van der Waals surface area contributed by atoms with Crippen LogP contribution >= 0.6 is 11.8 Å². The van der Waals surface area contributed by atoms with Gasteiger partial charge in [0, 0.05) is 17.1 Å². The van der Waals surface area contributed by atoms with Gasteiger partial charge in [0.1, 0.15) is 11.8 Å². The molecule has 146 valence electrons. The Morgan fingerprint density at radius 2 is 1.86 bits per heavy atom. The Hall–Kier alpha value is -3.00. The van der Waals surface area contributed by atoms with Crippen LogP contribution in [0.4, 0.5) is 4.79 Å². The summed E-state index contributed by atoms with van der Waals surface area (Å²) in [5.41, 5.74) is 3.49. The minimum absolute atomic E-state index is 0.180. The minimum Gasteiger partial charge on any atom is -0.508 e. The Balaban J connectivity index is 1.95. The van der Waals surface area contributed by atoms with Crippen molar-refractivity contribution in [2.45, 2.75) is 26.8 Å². The number of aryl methyl sites for hydroxylation is 1. The smallest absolute Gasteiger partial charge is 0.328 e. The second-order valence-electron chi connectivity index (χ2n) is 6.43. The van der Waals surface area contributed by atoms with Crippen molar-refractivity contribution in [3.05, 3.63) is 52.2 Å². The van der Waals surface area contributed by atoms with Gasteiger partial charge >= 0.3 is 5.97 Å². The first-order chi connectivity index (χ1) is 13.2. The van der Waals surface area contributed by atoms with Gasteiger partial charge in [-0.25, -0.2) is 4.79 Å². The maximum Gasteiger partial charge on any atom is 0.328 e. The molecule has 0 aliphatic carbocycles. The molecule has 1 aliphatic heterocycles. The van der Waals surface area contributed by atoms with Crippen molar-refractivity contribution < 1.29 is 24.2 Å². The lowest BCUT2D eigenvalue weighted by Gasteiger charge is -2.18. The Bertz CT molecular complexity index is 991. The summed E-state index contributed by atoms with van der Waals surface area (Å²) in [7, 11) is 1.21. The molecule has 8 heteroatoms. The number of ether oxygens (including phenoxy) is 1. The number of phenols is 1. The Labute approximate surface area is 166 Å². The van der Waals surface area contributed by atoms with Crippen LogP contribution < -0.4 is 0 Å². The molecule has 7 nitrogen and oxygen atoms in total. The molecule has 28 heavy (non-hydrogen) atoms. The summed E-state index contributed by atoms with van der Waals surface area (Å²) in [5, 5.41) is 8.99. The Morgan fingerprint density at radius 1 is 1.21 bits per heavy atom. The zero-order valence-corrected chi connectivity index (χ0v) is 16.7. The molecule has 0 saturated carbocycles. The highest BCUT2D eigenvalue weighted by molar-refractivity contribution is 8.18. The van der Waals surface area contributed by atoms with Crippen LogP contribution in [0.1, 0.15) is 23.9 Å². The van der Waals surface area contributed by atoms with E-state index in [1.165, 1.54) is 14.0 Å². The first-order valence-electron chi connectivity index (χ1n) is 8.57. The van der Waals surface area contributed by atoms with Crippen LogP contribution in [0.25, 0.3) is 11.8 Å². The third-order valence-corrected chi connectivity index (χ3v) is 5.50. The molecular formula is C20H20N2O5S. The number of thioether (sulfide) groups is 1. The highest BCUT2D eigenvalue weighted by Crippen LogP contribution is 2.35. The van der Waals surface area contributed by atoms with Gasteiger partial charge < -0.3 is 14.4 Å². The third-order valence-electron chi connectivity index (χ3n) is 4.62. The molecule has 2 aromatic rings. The zero-order valence-electron chi connectivity index (χ0n) is 15.9. The molecule has 0 unspecified atom stereocenters. The van der Waals surface area contributed by atoms with Crippen LogP contribution in [-0.4, -0.2) is 44.8 Å². The fourth-order valence-electron chi connectivity index (χ4n) is 3.16. The predicted molar refractivity (Wildman–Crippen MR) is 106 cm³/mol. The molecule has 0 radical (unpaired) electrons. The summed E-state index contributed by atoms with van der Waals surface area (Å²) in [6.07, 6.45) is 1.66. The standard InChI is InChI=1S/C20H20N2O5S/c1-11-9-14(12(2)21(11)15-5-7-16(23)8-6-15)10-17-18(24)22(20(26)28-17)13(3)19(25)27-4/h5-10,13,23H,1-4H3/b17-10+/t13-/m1/s1. The van der Waals surface area contributed by atoms with E-state index >= 15 is 0 Å². The number of carbonyl (C=O) groups excluding carboxylic acids is 3. The minimum atomic E-state index is -0.979. The van der Waals surface area contributed by atoms with Crippen LogP contribution in [0, 0.1) is 13.8 Å². The van der Waals surface area contributed by atoms with Crippen LogP contribution in [0.2, 0.25) is 0 Å². The normalized spacial score (nSPS) is 16.7. The van der Waals surface area contributed by atoms with Gasteiger partial charge in [-0.1, -0.05) is 0 Å². The van der Waals surface area contributed by atoms with E-state index in [2.05, 4.69) is 4.74 Å². The predicted octanol–water partition coefficient (Wildman–Crippen LogP) is 3.40. The molecule has 1 aromatic carbocycles. The number of amides is 2. The van der Waals surface area contributed by atoms with Crippen LogP contribution in [-0.2, 0) is 14.3 Å². The largest absolute Gasteiger partial charge is 0.508 e. The fourth-order valence-corrected chi connectivity index (χ4v) is 4.06. The lowest BCUT2D eigenvalue weighted by atomic mass is 10.2. The van der Waals surface area contributed by atoms with E-state index in [1.807, 2.05) is 24.5 Å². The number of rotatable bonds is 4. The summed E-state index contributed by atoms with van der Waals surface area (Å²) in [6.45, 7) is 5.30. The number of nitrogens with zero attached hydrogens (tertiary/aromatic N) is 2. The molecule has 1 aromatic heterocycles. The summed E-state index contributed by atoms with van der Waals surface area (Å²) in [4.78, 5) is 37.8. The van der Waals surface area contributed by atoms with Gasteiger partial charge in [-0.05, 0) is 74.5 Å². The highest BCUT2D eigenvalue weighted by Gasteiger charge is 2.41. The van der Waals surface area contributed by atoms with Crippen molar-refractivity contribution in [3.63, 3.8) is 0 Å². The van der Waals surface area contributed by atoms with Crippen molar-refractivity contribution >= 4 is 35.0 Å². The number of aromatic nitrogens is 1. The Morgan fingerprint density at radius 3 is 2.46 bits per heavy atom. The number of benzene rings is 1. The molecule has 0 spiro atoms. The van der Waals surface area contributed by atoms with E-state index in [0.29, 0.717) is 0 Å². The molecular weight excluding hydrogens is 380 g/mol. The molecule has 3 rings (SSSR count). The first kappa shape index (κ1) is 19.8. The van der Waals surface area contributed by atoms with Crippen molar-refractivity contribution in [3.8, 4) is 11.4 Å². The second kappa shape index (κ2) is 7.55. The van der Waals surface area contributed by atoms with Gasteiger partial charge in [-0.15, -0.1) is 0 Å². The van der Waals surface area contributed by atoms with Crippen molar-refractivity contribution in [2.24, 2.45) is 0 Å². The Kier molecular flexibility index (Phi) is 5.33. The van der Waals surface area contributed by atoms with Gasteiger partial charge in [0.25, 0.3) is 11.1 Å². The molecule has 1 aliphatic rings. The van der Waals surface area contributed by atoms with E-state index < -0.39 is 23.2 Å². The molecule has 2 amide bonds. The van der Waals surface area contributed by atoms with Crippen molar-refractivity contribution in [2.75, 3.05) is 7.11 Å². The number of imide groups is 1. The van der Waals surface area contributed by atoms with Gasteiger partial charge in [0.2, 0.25) is 0 Å². The lowest BCUT2D eigenvalue weighted by Crippen LogP contribution is -2.42. The fraction of sp³-hybridized carbons (Fsp3) is 0.250. The SMILES string of the molecule is COC(=O)[C@@H](C)N1C(=O)S/C(=C/c2cc(C)n(-c3ccc(O)cc3)c2C)C1=O. The summed E-state index contributed by atoms with van der Waals surface area (Å²) < 4.78 is 6.63. The van der Waals surface area contributed by atoms with Gasteiger partial charge in [0.05, 0.1) is 12.0 Å². The monoisotopic (exact) mass is 400 g/mol. The average molecular weight is 400 g/mol. The van der Waals surface area contributed by atoms with E-state index in [-0.39, 0.29) is 10.7 Å². The first-order valence-corrected chi connectivity index (χ1v) is 9.39. The number of esters is 1. The van der Waals surface area contributed by atoms with E-state index in [4.69, 9.17) is 0 Å². The molecule has 1 saturated heterocycles. The number of carbonyl (C=O) groups is 3. The third kappa shape index (κ3) is 3.43. The number of methoxy groups -OCH3 is 1. The van der Waals surface area contributed by atoms with Crippen molar-refractivity contribution in [1.29, 1.82) is 0 Å². The maximum absolute atomic E-state index is 12.7. The van der Waals surface area contributed by atoms with E-state index in [0.717, 1.165) is 39.3 Å². The summed E-state index contributed by atoms with van der Waals surface area (Å²) >= 11 is 0.803. The second-order valence-corrected chi connectivity index (χ2v) is 7.42. The highest BCUT2D eigenvalue weighted by atomic mass is 32.2. The van der Waals surface area contributed by atoms with Crippen LogP contribution in [0.3, 0.4) is 0 Å². The number of hydrogen-bond donors (Lipinski definition) is 1. The maximum atomic E-state index is 12.7. The van der Waals surface area contributed by atoms with Gasteiger partial charge in [0.15, 0.2) is 0 Å². The van der Waals surface area contributed by atoms with Crippen LogP contribution in [0.5, 0.6) is 5.75 Å².